The van der Waals surface area contributed by atoms with Crippen molar-refractivity contribution in [1.82, 2.24) is 0 Å². The van der Waals surface area contributed by atoms with Gasteiger partial charge in [0.25, 0.3) is 0 Å². The Morgan fingerprint density at radius 2 is 0.398 bits per heavy atom. The molecule has 0 aromatic rings. The first-order valence-electron chi connectivity index (χ1n) is 37.8. The van der Waals surface area contributed by atoms with E-state index < -0.39 is 6.10 Å². The first kappa shape index (κ1) is 80.9. The SMILES string of the molecule is CCCCCC/C=C\CCCCCCCC(=O)OCC(COC(=O)CCCCCCCCCCCCCCCCCCCCC/C=C\CCCCCCCCCC)OC(=O)CCCCCCCCCCCCCCCCCCCCCCC. The van der Waals surface area contributed by atoms with E-state index in [-0.39, 0.29) is 31.1 Å². The minimum Gasteiger partial charge on any atom is -0.462 e. The summed E-state index contributed by atoms with van der Waals surface area (Å²) >= 11 is 0. The summed E-state index contributed by atoms with van der Waals surface area (Å²) in [4.78, 5) is 38.5. The maximum absolute atomic E-state index is 13.0. The fraction of sp³-hybridized carbons (Fsp3) is 0.909. The van der Waals surface area contributed by atoms with Gasteiger partial charge in [-0.1, -0.05) is 366 Å². The zero-order valence-corrected chi connectivity index (χ0v) is 56.5. The van der Waals surface area contributed by atoms with E-state index >= 15 is 0 Å². The predicted octanol–water partition coefficient (Wildman–Crippen LogP) is 26.1. The highest BCUT2D eigenvalue weighted by Gasteiger charge is 2.20. The molecule has 0 saturated heterocycles. The number of hydrogen-bond acceptors (Lipinski definition) is 6. The van der Waals surface area contributed by atoms with Crippen molar-refractivity contribution in [2.24, 2.45) is 0 Å². The van der Waals surface area contributed by atoms with Gasteiger partial charge in [0.1, 0.15) is 13.2 Å². The van der Waals surface area contributed by atoms with E-state index in [1.165, 1.54) is 327 Å². The van der Waals surface area contributed by atoms with Crippen molar-refractivity contribution in [3.63, 3.8) is 0 Å². The lowest BCUT2D eigenvalue weighted by atomic mass is 10.0. The molecule has 0 fully saturated rings. The van der Waals surface area contributed by atoms with Crippen LogP contribution in [0.4, 0.5) is 0 Å². The second-order valence-corrected chi connectivity index (χ2v) is 25.9. The molecule has 0 aromatic carbocycles. The molecule has 0 spiro atoms. The van der Waals surface area contributed by atoms with Gasteiger partial charge in [-0.25, -0.2) is 0 Å². The van der Waals surface area contributed by atoms with Gasteiger partial charge in [0.2, 0.25) is 0 Å². The topological polar surface area (TPSA) is 78.9 Å². The summed E-state index contributed by atoms with van der Waals surface area (Å²) in [6, 6.07) is 0. The highest BCUT2D eigenvalue weighted by atomic mass is 16.6. The van der Waals surface area contributed by atoms with Gasteiger partial charge in [-0.2, -0.15) is 0 Å². The van der Waals surface area contributed by atoms with Crippen LogP contribution < -0.4 is 0 Å². The third-order valence-electron chi connectivity index (χ3n) is 17.4. The Hall–Kier alpha value is -2.11. The van der Waals surface area contributed by atoms with Crippen LogP contribution in [0.3, 0.4) is 0 Å². The Labute approximate surface area is 519 Å². The number of carbonyl (C=O) groups excluding carboxylic acids is 3. The first-order valence-corrected chi connectivity index (χ1v) is 37.8. The number of rotatable bonds is 71. The Balaban J connectivity index is 4.14. The molecule has 0 amide bonds. The molecule has 0 heterocycles. The van der Waals surface area contributed by atoms with E-state index in [0.29, 0.717) is 19.3 Å². The molecule has 0 rings (SSSR count). The molecule has 490 valence electrons. The minimum absolute atomic E-state index is 0.0671. The quantitative estimate of drug-likeness (QED) is 0.0261. The molecule has 0 radical (unpaired) electrons. The summed E-state index contributed by atoms with van der Waals surface area (Å²) in [5.41, 5.74) is 0. The number of unbranched alkanes of at least 4 members (excludes halogenated alkanes) is 56. The molecule has 83 heavy (non-hydrogen) atoms. The number of ether oxygens (including phenoxy) is 3. The van der Waals surface area contributed by atoms with Crippen molar-refractivity contribution in [3.8, 4) is 0 Å². The van der Waals surface area contributed by atoms with Gasteiger partial charge in [0.05, 0.1) is 0 Å². The molecule has 1 unspecified atom stereocenters. The van der Waals surface area contributed by atoms with Gasteiger partial charge in [0, 0.05) is 19.3 Å². The van der Waals surface area contributed by atoms with Crippen LogP contribution in [0.25, 0.3) is 0 Å². The van der Waals surface area contributed by atoms with Crippen molar-refractivity contribution in [2.75, 3.05) is 13.2 Å². The Morgan fingerprint density at radius 1 is 0.229 bits per heavy atom. The summed E-state index contributed by atoms with van der Waals surface area (Å²) in [6.45, 7) is 6.71. The van der Waals surface area contributed by atoms with Gasteiger partial charge in [0.15, 0.2) is 6.10 Å². The third kappa shape index (κ3) is 70.5. The van der Waals surface area contributed by atoms with Crippen LogP contribution in [-0.2, 0) is 28.6 Å². The van der Waals surface area contributed by atoms with Crippen LogP contribution in [0.15, 0.2) is 24.3 Å². The molecule has 0 aliphatic carbocycles. The normalized spacial score (nSPS) is 12.1. The molecule has 0 saturated carbocycles. The van der Waals surface area contributed by atoms with Crippen LogP contribution in [0.2, 0.25) is 0 Å². The Morgan fingerprint density at radius 3 is 0.614 bits per heavy atom. The predicted molar refractivity (Wildman–Crippen MR) is 363 cm³/mol. The summed E-state index contributed by atoms with van der Waals surface area (Å²) < 4.78 is 17.0. The zero-order valence-electron chi connectivity index (χ0n) is 56.5. The minimum atomic E-state index is -0.771. The van der Waals surface area contributed by atoms with Crippen LogP contribution in [0.1, 0.15) is 432 Å². The lowest BCUT2D eigenvalue weighted by molar-refractivity contribution is -0.167. The van der Waals surface area contributed by atoms with E-state index in [9.17, 15) is 14.4 Å². The Kier molecular flexibility index (Phi) is 70.5. The van der Waals surface area contributed by atoms with Crippen molar-refractivity contribution in [3.05, 3.63) is 24.3 Å². The fourth-order valence-corrected chi connectivity index (χ4v) is 11.7. The van der Waals surface area contributed by atoms with Crippen LogP contribution in [-0.4, -0.2) is 37.2 Å². The molecule has 0 aliphatic heterocycles. The molecule has 6 heteroatoms. The maximum Gasteiger partial charge on any atom is 0.306 e. The van der Waals surface area contributed by atoms with Crippen LogP contribution in [0, 0.1) is 0 Å². The molecular weight excluding hydrogens is 1020 g/mol. The molecule has 0 bridgehead atoms. The standard InChI is InChI=1S/C77H146O6/c1-4-7-10-13-16-19-22-25-27-29-31-33-34-35-36-37-38-39-40-41-42-44-45-47-49-52-55-58-61-64-67-70-76(79)82-73-74(72-81-75(78)69-66-63-60-57-54-51-24-21-18-15-12-9-6-3)83-77(80)71-68-65-62-59-56-53-50-48-46-43-32-30-28-26-23-20-17-14-11-8-5-2/h21,24,29,31,74H,4-20,22-23,25-28,30,32-73H2,1-3H3/b24-21-,31-29-. The fourth-order valence-electron chi connectivity index (χ4n) is 11.7. The van der Waals surface area contributed by atoms with E-state index in [4.69, 9.17) is 14.2 Å². The van der Waals surface area contributed by atoms with Gasteiger partial charge >= 0.3 is 17.9 Å². The van der Waals surface area contributed by atoms with E-state index in [1.807, 2.05) is 0 Å². The third-order valence-corrected chi connectivity index (χ3v) is 17.4. The second-order valence-electron chi connectivity index (χ2n) is 25.9. The summed E-state index contributed by atoms with van der Waals surface area (Å²) in [5, 5.41) is 0. The van der Waals surface area contributed by atoms with Gasteiger partial charge < -0.3 is 14.2 Å². The van der Waals surface area contributed by atoms with Gasteiger partial charge in [-0.15, -0.1) is 0 Å². The van der Waals surface area contributed by atoms with Crippen LogP contribution >= 0.6 is 0 Å². The van der Waals surface area contributed by atoms with Crippen molar-refractivity contribution >= 4 is 17.9 Å². The monoisotopic (exact) mass is 1170 g/mol. The lowest BCUT2D eigenvalue weighted by Crippen LogP contribution is -2.30. The average molecular weight is 1170 g/mol. The zero-order chi connectivity index (χ0) is 59.9. The van der Waals surface area contributed by atoms with E-state index in [1.54, 1.807) is 0 Å². The molecule has 0 N–H and O–H groups in total. The van der Waals surface area contributed by atoms with Crippen molar-refractivity contribution < 1.29 is 28.6 Å². The number of esters is 3. The lowest BCUT2D eigenvalue weighted by Gasteiger charge is -2.18. The van der Waals surface area contributed by atoms with Crippen LogP contribution in [0.5, 0.6) is 0 Å². The van der Waals surface area contributed by atoms with E-state index in [0.717, 1.165) is 64.2 Å². The smallest absolute Gasteiger partial charge is 0.306 e. The molecular formula is C77H146O6. The summed E-state index contributed by atoms with van der Waals surface area (Å²) in [7, 11) is 0. The van der Waals surface area contributed by atoms with E-state index in [2.05, 4.69) is 45.1 Å². The number of carbonyl (C=O) groups is 3. The Bertz CT molecular complexity index is 1340. The summed E-state index contributed by atoms with van der Waals surface area (Å²) in [6.07, 6.45) is 89.5. The maximum atomic E-state index is 13.0. The molecule has 0 aliphatic rings. The molecule has 1 atom stereocenters. The number of allylic oxidation sites excluding steroid dienone is 4. The van der Waals surface area contributed by atoms with Gasteiger partial charge in [-0.05, 0) is 70.6 Å². The molecule has 6 nitrogen and oxygen atoms in total. The number of hydrogen-bond donors (Lipinski definition) is 0. The van der Waals surface area contributed by atoms with Crippen molar-refractivity contribution in [2.45, 2.75) is 438 Å². The van der Waals surface area contributed by atoms with Gasteiger partial charge in [-0.3, -0.25) is 14.4 Å². The second kappa shape index (κ2) is 72.4. The highest BCUT2D eigenvalue weighted by Crippen LogP contribution is 2.19. The first-order chi connectivity index (χ1) is 41.0. The average Bonchev–Trinajstić information content (AvgIpc) is 3.49. The van der Waals surface area contributed by atoms with Crippen molar-refractivity contribution in [1.29, 1.82) is 0 Å². The largest absolute Gasteiger partial charge is 0.462 e. The summed E-state index contributed by atoms with van der Waals surface area (Å²) in [5.74, 6) is -0.841. The molecule has 0 aromatic heterocycles. The highest BCUT2D eigenvalue weighted by molar-refractivity contribution is 5.71.